The summed E-state index contributed by atoms with van der Waals surface area (Å²) in [5.41, 5.74) is -1.87. The molecule has 0 unspecified atom stereocenters. The van der Waals surface area contributed by atoms with Crippen LogP contribution in [0.3, 0.4) is 0 Å². The molecular weight excluding hydrogens is 245 g/mol. The maximum absolute atomic E-state index is 12.6. The zero-order valence-corrected chi connectivity index (χ0v) is 10.2. The van der Waals surface area contributed by atoms with Crippen molar-refractivity contribution in [3.63, 3.8) is 0 Å². The minimum atomic E-state index is -4.47. The lowest BCUT2D eigenvalue weighted by Crippen LogP contribution is -2.26. The third-order valence-corrected chi connectivity index (χ3v) is 2.09. The van der Waals surface area contributed by atoms with Crippen LogP contribution in [0, 0.1) is 12.3 Å². The number of pyridine rings is 1. The first kappa shape index (κ1) is 14.2. The van der Waals surface area contributed by atoms with E-state index < -0.39 is 17.3 Å². The molecule has 18 heavy (non-hydrogen) atoms. The van der Waals surface area contributed by atoms with Crippen LogP contribution in [0.25, 0.3) is 0 Å². The second kappa shape index (κ2) is 4.77. The van der Waals surface area contributed by atoms with E-state index in [0.29, 0.717) is 0 Å². The lowest BCUT2D eigenvalue weighted by atomic mass is 10.1. The maximum atomic E-state index is 12.6. The first-order valence-corrected chi connectivity index (χ1v) is 5.12. The molecule has 0 saturated heterocycles. The van der Waals surface area contributed by atoms with Gasteiger partial charge < -0.3 is 10.1 Å². The smallest absolute Gasteiger partial charge is 0.416 e. The van der Waals surface area contributed by atoms with Gasteiger partial charge in [-0.05, 0) is 19.9 Å². The van der Waals surface area contributed by atoms with E-state index in [1.807, 2.05) is 0 Å². The number of rotatable bonds is 3. The predicted molar refractivity (Wildman–Crippen MR) is 62.3 cm³/mol. The Morgan fingerprint density at radius 3 is 2.39 bits per heavy atom. The molecule has 0 aromatic carbocycles. The zero-order chi connectivity index (χ0) is 14.0. The first-order chi connectivity index (χ1) is 8.18. The Balaban J connectivity index is 3.18. The minimum absolute atomic E-state index is 0.0626. The predicted octanol–water partition coefficient (Wildman–Crippen LogP) is 2.93. The topological polar surface area (TPSA) is 34.1 Å². The van der Waals surface area contributed by atoms with Crippen LogP contribution in [0.1, 0.15) is 19.4 Å². The van der Waals surface area contributed by atoms with Crippen LogP contribution in [-0.4, -0.2) is 17.6 Å². The highest BCUT2D eigenvalue weighted by molar-refractivity contribution is 5.42. The van der Waals surface area contributed by atoms with Crippen molar-refractivity contribution in [1.29, 1.82) is 0 Å². The van der Waals surface area contributed by atoms with Crippen molar-refractivity contribution in [2.45, 2.75) is 25.6 Å². The van der Waals surface area contributed by atoms with E-state index in [1.165, 1.54) is 7.05 Å². The number of hydrogen-bond acceptors (Lipinski definition) is 3. The second-order valence-corrected chi connectivity index (χ2v) is 4.08. The molecule has 0 radical (unpaired) electrons. The summed E-state index contributed by atoms with van der Waals surface area (Å²) >= 11 is 0. The maximum Gasteiger partial charge on any atom is 0.416 e. The van der Waals surface area contributed by atoms with Gasteiger partial charge in [0.15, 0.2) is 5.60 Å². The van der Waals surface area contributed by atoms with Gasteiger partial charge in [0.25, 0.3) is 0 Å². The van der Waals surface area contributed by atoms with Crippen molar-refractivity contribution in [2.75, 3.05) is 12.4 Å². The van der Waals surface area contributed by atoms with Gasteiger partial charge in [-0.25, -0.2) is 0 Å². The van der Waals surface area contributed by atoms with Crippen molar-refractivity contribution < 1.29 is 17.9 Å². The Kier molecular flexibility index (Phi) is 3.75. The lowest BCUT2D eigenvalue weighted by molar-refractivity contribution is -0.137. The highest BCUT2D eigenvalue weighted by Gasteiger charge is 2.32. The molecule has 0 amide bonds. The minimum Gasteiger partial charge on any atom is -0.458 e. The molecule has 0 saturated carbocycles. The number of nitrogens with one attached hydrogen (secondary N) is 1. The molecule has 0 aliphatic heterocycles. The number of hydrogen-bond donors (Lipinski definition) is 1. The Bertz CT molecular complexity index is 475. The fraction of sp³-hybridized carbons (Fsp3) is 0.417. The standard InChI is InChI=1S/C12H13F3N2O/c1-5-11(2,3)18-10-7-8(12(13,14)15)6-9(16-4)17-10/h1,6-7H,2-4H3,(H,16,17). The summed E-state index contributed by atoms with van der Waals surface area (Å²) < 4.78 is 43.2. The summed E-state index contributed by atoms with van der Waals surface area (Å²) in [5, 5.41) is 2.54. The molecule has 3 nitrogen and oxygen atoms in total. The number of ether oxygens (including phenoxy) is 1. The summed E-state index contributed by atoms with van der Waals surface area (Å²) in [6.07, 6.45) is 0.743. The summed E-state index contributed by atoms with van der Waals surface area (Å²) in [7, 11) is 1.47. The number of anilines is 1. The molecule has 0 bridgehead atoms. The average molecular weight is 258 g/mol. The SMILES string of the molecule is C#CC(C)(C)Oc1cc(C(F)(F)F)cc(NC)n1. The number of alkyl halides is 3. The molecule has 1 heterocycles. The molecule has 1 aromatic heterocycles. The number of halogens is 3. The highest BCUT2D eigenvalue weighted by atomic mass is 19.4. The fourth-order valence-electron chi connectivity index (χ4n) is 1.14. The van der Waals surface area contributed by atoms with Crippen molar-refractivity contribution in [2.24, 2.45) is 0 Å². The van der Waals surface area contributed by atoms with Crippen LogP contribution in [0.2, 0.25) is 0 Å². The molecule has 98 valence electrons. The molecule has 0 aliphatic carbocycles. The molecule has 0 spiro atoms. The van der Waals surface area contributed by atoms with Gasteiger partial charge in [0.05, 0.1) is 5.56 Å². The van der Waals surface area contributed by atoms with Crippen molar-refractivity contribution in [1.82, 2.24) is 4.98 Å². The molecule has 0 aliphatic rings. The van der Waals surface area contributed by atoms with Crippen molar-refractivity contribution in [3.05, 3.63) is 17.7 Å². The number of terminal acetylenes is 1. The van der Waals surface area contributed by atoms with Crippen LogP contribution in [0.15, 0.2) is 12.1 Å². The van der Waals surface area contributed by atoms with Gasteiger partial charge in [0, 0.05) is 13.1 Å². The summed E-state index contributed by atoms with van der Waals surface area (Å²) in [6.45, 7) is 3.13. The van der Waals surface area contributed by atoms with Crippen LogP contribution in [0.4, 0.5) is 19.0 Å². The van der Waals surface area contributed by atoms with E-state index >= 15 is 0 Å². The van der Waals surface area contributed by atoms with Gasteiger partial charge >= 0.3 is 6.18 Å². The lowest BCUT2D eigenvalue weighted by Gasteiger charge is -2.20. The molecule has 1 N–H and O–H groups in total. The molecule has 0 fully saturated rings. The highest BCUT2D eigenvalue weighted by Crippen LogP contribution is 2.33. The number of aromatic nitrogens is 1. The van der Waals surface area contributed by atoms with Crippen LogP contribution < -0.4 is 10.1 Å². The Morgan fingerprint density at radius 1 is 1.33 bits per heavy atom. The normalized spacial score (nSPS) is 11.8. The van der Waals surface area contributed by atoms with Gasteiger partial charge in [-0.1, -0.05) is 5.92 Å². The first-order valence-electron chi connectivity index (χ1n) is 5.12. The van der Waals surface area contributed by atoms with Gasteiger partial charge in [0.2, 0.25) is 5.88 Å². The Hall–Kier alpha value is -1.90. The van der Waals surface area contributed by atoms with Crippen molar-refractivity contribution in [3.8, 4) is 18.2 Å². The quantitative estimate of drug-likeness (QED) is 0.846. The third kappa shape index (κ3) is 3.55. The van der Waals surface area contributed by atoms with E-state index in [1.54, 1.807) is 13.8 Å². The van der Waals surface area contributed by atoms with Crippen molar-refractivity contribution >= 4 is 5.82 Å². The number of nitrogens with zero attached hydrogens (tertiary/aromatic N) is 1. The monoisotopic (exact) mass is 258 g/mol. The van der Waals surface area contributed by atoms with Crippen LogP contribution in [-0.2, 0) is 6.18 Å². The zero-order valence-electron chi connectivity index (χ0n) is 10.2. The average Bonchev–Trinajstić information content (AvgIpc) is 2.27. The third-order valence-electron chi connectivity index (χ3n) is 2.09. The van der Waals surface area contributed by atoms with E-state index in [2.05, 4.69) is 16.2 Å². The summed E-state index contributed by atoms with van der Waals surface area (Å²) in [5.74, 6) is 2.21. The van der Waals surface area contributed by atoms with E-state index in [-0.39, 0.29) is 11.7 Å². The van der Waals surface area contributed by atoms with Gasteiger partial charge in [0.1, 0.15) is 5.82 Å². The van der Waals surface area contributed by atoms with E-state index in [9.17, 15) is 13.2 Å². The molecule has 1 aromatic rings. The van der Waals surface area contributed by atoms with E-state index in [4.69, 9.17) is 11.2 Å². The van der Waals surface area contributed by atoms with Gasteiger partial charge in [-0.15, -0.1) is 6.42 Å². The van der Waals surface area contributed by atoms with Gasteiger partial charge in [-0.3, -0.25) is 0 Å². The molecule has 0 atom stereocenters. The largest absolute Gasteiger partial charge is 0.458 e. The fourth-order valence-corrected chi connectivity index (χ4v) is 1.14. The summed E-state index contributed by atoms with van der Waals surface area (Å²) in [6, 6.07) is 1.72. The van der Waals surface area contributed by atoms with Crippen LogP contribution >= 0.6 is 0 Å². The molecule has 6 heteroatoms. The van der Waals surface area contributed by atoms with E-state index in [0.717, 1.165) is 12.1 Å². The van der Waals surface area contributed by atoms with Gasteiger partial charge in [-0.2, -0.15) is 18.2 Å². The Labute approximate surface area is 103 Å². The Morgan fingerprint density at radius 2 is 1.94 bits per heavy atom. The molecular formula is C12H13F3N2O. The second-order valence-electron chi connectivity index (χ2n) is 4.08. The molecule has 1 rings (SSSR count). The van der Waals surface area contributed by atoms with Crippen LogP contribution in [0.5, 0.6) is 5.88 Å². The summed E-state index contributed by atoms with van der Waals surface area (Å²) in [4.78, 5) is 3.87.